The summed E-state index contributed by atoms with van der Waals surface area (Å²) in [4.78, 5) is 11.8. The first-order valence-electron chi connectivity index (χ1n) is 5.92. The quantitative estimate of drug-likeness (QED) is 0.735. The van der Waals surface area contributed by atoms with Crippen molar-refractivity contribution in [1.82, 2.24) is 15.0 Å². The van der Waals surface area contributed by atoms with Crippen molar-refractivity contribution < 1.29 is 0 Å². The molecule has 1 aromatic carbocycles. The number of nitrogens with two attached hydrogens (primary N) is 1. The number of H-pyrrole nitrogens is 1. The lowest BCUT2D eigenvalue weighted by atomic mass is 10.0. The molecule has 3 aromatic rings. The van der Waals surface area contributed by atoms with E-state index in [-0.39, 0.29) is 6.04 Å². The molecule has 0 amide bonds. The minimum absolute atomic E-state index is 0.0419. The van der Waals surface area contributed by atoms with Gasteiger partial charge in [0.05, 0.1) is 17.2 Å². The maximum absolute atomic E-state index is 6.17. The fourth-order valence-corrected chi connectivity index (χ4v) is 2.03. The highest BCUT2D eigenvalue weighted by Crippen LogP contribution is 2.16. The highest BCUT2D eigenvalue weighted by atomic mass is 14.9. The number of hydrogen-bond donors (Lipinski definition) is 2. The van der Waals surface area contributed by atoms with Crippen LogP contribution in [0.1, 0.15) is 17.4 Å². The molecule has 0 radical (unpaired) electrons. The maximum Gasteiger partial charge on any atom is 0.109 e. The van der Waals surface area contributed by atoms with Crippen LogP contribution < -0.4 is 5.73 Å². The van der Waals surface area contributed by atoms with Crippen molar-refractivity contribution in [2.24, 2.45) is 5.73 Å². The van der Waals surface area contributed by atoms with E-state index in [0.29, 0.717) is 6.42 Å². The summed E-state index contributed by atoms with van der Waals surface area (Å²) in [6, 6.07) is 11.9. The number of pyridine rings is 1. The Morgan fingerprint density at radius 2 is 2.00 bits per heavy atom. The van der Waals surface area contributed by atoms with Crippen molar-refractivity contribution in [1.29, 1.82) is 0 Å². The van der Waals surface area contributed by atoms with Crippen molar-refractivity contribution in [3.63, 3.8) is 0 Å². The molecule has 1 atom stereocenters. The Hall–Kier alpha value is -2.20. The predicted molar refractivity (Wildman–Crippen MR) is 71.0 cm³/mol. The van der Waals surface area contributed by atoms with E-state index in [9.17, 15) is 0 Å². The second-order valence-electron chi connectivity index (χ2n) is 4.30. The molecule has 0 saturated carbocycles. The molecule has 3 N–H and O–H groups in total. The fraction of sp³-hybridized carbons (Fsp3) is 0.143. The van der Waals surface area contributed by atoms with Gasteiger partial charge >= 0.3 is 0 Å². The minimum Gasteiger partial charge on any atom is -0.341 e. The molecule has 0 bridgehead atoms. The van der Waals surface area contributed by atoms with Crippen molar-refractivity contribution in [2.75, 3.05) is 0 Å². The molecule has 4 nitrogen and oxygen atoms in total. The molecule has 0 aliphatic carbocycles. The van der Waals surface area contributed by atoms with E-state index in [1.54, 1.807) is 12.4 Å². The second kappa shape index (κ2) is 4.58. The first-order chi connectivity index (χ1) is 8.83. The van der Waals surface area contributed by atoms with Crippen LogP contribution in [0.3, 0.4) is 0 Å². The Labute approximate surface area is 105 Å². The average molecular weight is 238 g/mol. The van der Waals surface area contributed by atoms with Gasteiger partial charge in [0.15, 0.2) is 0 Å². The largest absolute Gasteiger partial charge is 0.341 e. The smallest absolute Gasteiger partial charge is 0.109 e. The number of aromatic nitrogens is 3. The van der Waals surface area contributed by atoms with E-state index >= 15 is 0 Å². The van der Waals surface area contributed by atoms with Crippen molar-refractivity contribution in [3.05, 3.63) is 60.2 Å². The van der Waals surface area contributed by atoms with Crippen LogP contribution in [0.4, 0.5) is 0 Å². The lowest BCUT2D eigenvalue weighted by Gasteiger charge is -2.09. The Morgan fingerprint density at radius 3 is 2.78 bits per heavy atom. The molecule has 3 rings (SSSR count). The minimum atomic E-state index is -0.0419. The third kappa shape index (κ3) is 2.10. The number of nitrogens with one attached hydrogen (secondary N) is 1. The number of aromatic amines is 1. The molecule has 4 heteroatoms. The molecule has 2 heterocycles. The normalized spacial score (nSPS) is 12.7. The standard InChI is InChI=1S/C14H14N4/c15-11(10-4-2-1-3-5-10)8-14-17-12-6-7-16-9-13(12)18-14/h1-7,9,11H,8,15H2,(H,17,18). The molecule has 0 spiro atoms. The zero-order valence-corrected chi connectivity index (χ0v) is 9.88. The molecular formula is C14H14N4. The molecule has 90 valence electrons. The Bertz CT molecular complexity index is 612. The highest BCUT2D eigenvalue weighted by Gasteiger charge is 2.09. The summed E-state index contributed by atoms with van der Waals surface area (Å²) in [5, 5.41) is 0. The highest BCUT2D eigenvalue weighted by molar-refractivity contribution is 5.73. The number of nitrogens with zero attached hydrogens (tertiary/aromatic N) is 2. The summed E-state index contributed by atoms with van der Waals surface area (Å²) in [7, 11) is 0. The first-order valence-corrected chi connectivity index (χ1v) is 5.92. The zero-order valence-electron chi connectivity index (χ0n) is 9.88. The Balaban J connectivity index is 1.84. The molecule has 2 aromatic heterocycles. The number of benzene rings is 1. The van der Waals surface area contributed by atoms with Crippen LogP contribution in [0.5, 0.6) is 0 Å². The molecule has 18 heavy (non-hydrogen) atoms. The van der Waals surface area contributed by atoms with E-state index in [1.165, 1.54) is 0 Å². The molecule has 0 saturated heterocycles. The van der Waals surface area contributed by atoms with E-state index in [1.807, 2.05) is 36.4 Å². The lowest BCUT2D eigenvalue weighted by molar-refractivity contribution is 0.696. The summed E-state index contributed by atoms with van der Waals surface area (Å²) in [5.74, 6) is 0.898. The Kier molecular flexibility index (Phi) is 2.78. The monoisotopic (exact) mass is 238 g/mol. The van der Waals surface area contributed by atoms with Gasteiger partial charge < -0.3 is 10.7 Å². The molecule has 0 aliphatic heterocycles. The first kappa shape index (κ1) is 10.9. The van der Waals surface area contributed by atoms with Crippen LogP contribution >= 0.6 is 0 Å². The van der Waals surface area contributed by atoms with Crippen molar-refractivity contribution in [3.8, 4) is 0 Å². The van der Waals surface area contributed by atoms with Crippen molar-refractivity contribution in [2.45, 2.75) is 12.5 Å². The van der Waals surface area contributed by atoms with Gasteiger partial charge in [-0.25, -0.2) is 4.98 Å². The van der Waals surface area contributed by atoms with E-state index in [2.05, 4.69) is 15.0 Å². The van der Waals surface area contributed by atoms with Gasteiger partial charge in [-0.2, -0.15) is 0 Å². The summed E-state index contributed by atoms with van der Waals surface area (Å²) < 4.78 is 0. The second-order valence-corrected chi connectivity index (χ2v) is 4.30. The van der Waals surface area contributed by atoms with Crippen molar-refractivity contribution >= 4 is 11.0 Å². The lowest BCUT2D eigenvalue weighted by Crippen LogP contribution is -2.13. The van der Waals surface area contributed by atoms with Crippen LogP contribution in [-0.4, -0.2) is 15.0 Å². The van der Waals surface area contributed by atoms with Crippen LogP contribution in [0.25, 0.3) is 11.0 Å². The van der Waals surface area contributed by atoms with Gasteiger partial charge in [-0.05, 0) is 11.6 Å². The topological polar surface area (TPSA) is 67.6 Å². The van der Waals surface area contributed by atoms with E-state index in [0.717, 1.165) is 22.4 Å². The van der Waals surface area contributed by atoms with Gasteiger partial charge in [0.2, 0.25) is 0 Å². The predicted octanol–water partition coefficient (Wildman–Crippen LogP) is 2.20. The van der Waals surface area contributed by atoms with Gasteiger partial charge in [-0.15, -0.1) is 0 Å². The van der Waals surface area contributed by atoms with Gasteiger partial charge in [-0.1, -0.05) is 30.3 Å². The van der Waals surface area contributed by atoms with Crippen LogP contribution in [-0.2, 0) is 6.42 Å². The molecule has 0 fully saturated rings. The van der Waals surface area contributed by atoms with Crippen LogP contribution in [0.15, 0.2) is 48.8 Å². The summed E-state index contributed by atoms with van der Waals surface area (Å²) in [6.07, 6.45) is 4.21. The van der Waals surface area contributed by atoms with Gasteiger partial charge in [0.1, 0.15) is 5.82 Å². The average Bonchev–Trinajstić information content (AvgIpc) is 2.82. The zero-order chi connectivity index (χ0) is 12.4. The van der Waals surface area contributed by atoms with Gasteiger partial charge in [0.25, 0.3) is 0 Å². The number of fused-ring (bicyclic) bond motifs is 1. The van der Waals surface area contributed by atoms with Crippen LogP contribution in [0.2, 0.25) is 0 Å². The number of imidazole rings is 1. The SMILES string of the molecule is NC(Cc1nc2ccncc2[nH]1)c1ccccc1. The summed E-state index contributed by atoms with van der Waals surface area (Å²) in [6.45, 7) is 0. The van der Waals surface area contributed by atoms with E-state index in [4.69, 9.17) is 5.73 Å². The van der Waals surface area contributed by atoms with E-state index < -0.39 is 0 Å². The third-order valence-corrected chi connectivity index (χ3v) is 2.97. The molecular weight excluding hydrogens is 224 g/mol. The Morgan fingerprint density at radius 1 is 1.17 bits per heavy atom. The molecule has 1 unspecified atom stereocenters. The number of rotatable bonds is 3. The summed E-state index contributed by atoms with van der Waals surface area (Å²) in [5.41, 5.74) is 9.18. The van der Waals surface area contributed by atoms with Gasteiger partial charge in [-0.3, -0.25) is 4.98 Å². The number of hydrogen-bond acceptors (Lipinski definition) is 3. The third-order valence-electron chi connectivity index (χ3n) is 2.97. The molecule has 0 aliphatic rings. The van der Waals surface area contributed by atoms with Crippen LogP contribution in [0, 0.1) is 0 Å². The van der Waals surface area contributed by atoms with Gasteiger partial charge in [0, 0.05) is 18.7 Å². The maximum atomic E-state index is 6.17. The summed E-state index contributed by atoms with van der Waals surface area (Å²) >= 11 is 0. The fourth-order valence-electron chi connectivity index (χ4n) is 2.03.